The third kappa shape index (κ3) is 4.20. The molecule has 0 bridgehead atoms. The second-order valence-corrected chi connectivity index (χ2v) is 9.54. The Morgan fingerprint density at radius 2 is 1.70 bits per heavy atom. The molecule has 1 aromatic heterocycles. The van der Waals surface area contributed by atoms with Crippen LogP contribution in [0.5, 0.6) is 0 Å². The van der Waals surface area contributed by atoms with Crippen LogP contribution in [-0.2, 0) is 30.7 Å². The van der Waals surface area contributed by atoms with Crippen molar-refractivity contribution < 1.29 is 4.79 Å². The molecule has 0 radical (unpaired) electrons. The zero-order valence-corrected chi connectivity index (χ0v) is 19.8. The number of nitrogens with zero attached hydrogens (tertiary/aromatic N) is 1. The van der Waals surface area contributed by atoms with Crippen LogP contribution in [0.15, 0.2) is 66.7 Å². The van der Waals surface area contributed by atoms with Gasteiger partial charge in [0.25, 0.3) is 0 Å². The van der Waals surface area contributed by atoms with E-state index in [9.17, 15) is 4.79 Å². The first-order valence-electron chi connectivity index (χ1n) is 12.0. The standard InChI is InChI=1S/C30H32N2O/c1-20-12-13-22(3)25(16-20)19-32-28-11-7-6-10-26(28)27-17-23(14-15-29(27)32)30(33)31-18-24-9-5-4-8-21(24)2/h4-13,16,23H,14-15,17-19H2,1-3H3,(H,31,33). The molecule has 168 valence electrons. The van der Waals surface area contributed by atoms with Crippen molar-refractivity contribution in [2.75, 3.05) is 0 Å². The summed E-state index contributed by atoms with van der Waals surface area (Å²) in [5, 5.41) is 4.50. The van der Waals surface area contributed by atoms with Crippen molar-refractivity contribution in [2.45, 2.75) is 53.1 Å². The third-order valence-electron chi connectivity index (χ3n) is 7.29. The molecule has 0 aliphatic heterocycles. The highest BCUT2D eigenvalue weighted by Crippen LogP contribution is 2.35. The normalized spacial score (nSPS) is 15.4. The van der Waals surface area contributed by atoms with E-state index in [0.29, 0.717) is 6.54 Å². The monoisotopic (exact) mass is 436 g/mol. The zero-order valence-electron chi connectivity index (χ0n) is 19.8. The maximum absolute atomic E-state index is 13.1. The van der Waals surface area contributed by atoms with Crippen LogP contribution in [-0.4, -0.2) is 10.5 Å². The first-order chi connectivity index (χ1) is 16.0. The summed E-state index contributed by atoms with van der Waals surface area (Å²) in [4.78, 5) is 13.1. The molecule has 0 fully saturated rings. The summed E-state index contributed by atoms with van der Waals surface area (Å²) in [6, 6.07) is 23.7. The van der Waals surface area contributed by atoms with Crippen molar-refractivity contribution in [3.05, 3.63) is 106 Å². The lowest BCUT2D eigenvalue weighted by Crippen LogP contribution is -2.34. The molecule has 0 spiro atoms. The van der Waals surface area contributed by atoms with Gasteiger partial charge in [-0.2, -0.15) is 0 Å². The summed E-state index contributed by atoms with van der Waals surface area (Å²) in [6.07, 6.45) is 2.66. The van der Waals surface area contributed by atoms with Crippen LogP contribution in [0.2, 0.25) is 0 Å². The molecule has 1 aliphatic rings. The molecule has 0 saturated carbocycles. The molecule has 1 N–H and O–H groups in total. The number of nitrogens with one attached hydrogen (secondary N) is 1. The SMILES string of the molecule is Cc1ccc(C)c(Cn2c3c(c4ccccc42)CC(C(=O)NCc2ccccc2C)CC3)c1. The van der Waals surface area contributed by atoms with Gasteiger partial charge in [0.1, 0.15) is 0 Å². The van der Waals surface area contributed by atoms with Gasteiger partial charge < -0.3 is 9.88 Å². The van der Waals surface area contributed by atoms with Gasteiger partial charge in [0, 0.05) is 35.6 Å². The van der Waals surface area contributed by atoms with E-state index in [0.717, 1.165) is 25.8 Å². The molecular weight excluding hydrogens is 404 g/mol. The Labute approximate surface area is 196 Å². The second-order valence-electron chi connectivity index (χ2n) is 9.54. The van der Waals surface area contributed by atoms with Crippen molar-refractivity contribution in [1.29, 1.82) is 0 Å². The van der Waals surface area contributed by atoms with Crippen LogP contribution in [0.4, 0.5) is 0 Å². The molecular formula is C30H32N2O. The number of carbonyl (C=O) groups is 1. The number of carbonyl (C=O) groups excluding carboxylic acids is 1. The third-order valence-corrected chi connectivity index (χ3v) is 7.29. The highest BCUT2D eigenvalue weighted by Gasteiger charge is 2.29. The molecule has 1 atom stereocenters. The number of benzene rings is 3. The van der Waals surface area contributed by atoms with E-state index in [4.69, 9.17) is 0 Å². The number of para-hydroxylation sites is 1. The molecule has 3 heteroatoms. The Bertz CT molecular complexity index is 1330. The molecule has 1 amide bonds. The average molecular weight is 437 g/mol. The van der Waals surface area contributed by atoms with E-state index < -0.39 is 0 Å². The Hall–Kier alpha value is -3.33. The van der Waals surface area contributed by atoms with Crippen LogP contribution in [0.25, 0.3) is 10.9 Å². The van der Waals surface area contributed by atoms with Crippen LogP contribution in [0, 0.1) is 26.7 Å². The fourth-order valence-electron chi connectivity index (χ4n) is 5.28. The van der Waals surface area contributed by atoms with Crippen LogP contribution >= 0.6 is 0 Å². The smallest absolute Gasteiger partial charge is 0.223 e. The lowest BCUT2D eigenvalue weighted by molar-refractivity contribution is -0.125. The largest absolute Gasteiger partial charge is 0.352 e. The molecule has 3 nitrogen and oxygen atoms in total. The molecule has 1 unspecified atom stereocenters. The molecule has 3 aromatic carbocycles. The van der Waals surface area contributed by atoms with Gasteiger partial charge in [-0.3, -0.25) is 4.79 Å². The van der Waals surface area contributed by atoms with Crippen LogP contribution in [0.1, 0.15) is 45.5 Å². The number of aromatic nitrogens is 1. The molecule has 33 heavy (non-hydrogen) atoms. The lowest BCUT2D eigenvalue weighted by Gasteiger charge is -2.24. The first kappa shape index (κ1) is 21.5. The van der Waals surface area contributed by atoms with Gasteiger partial charge in [0.2, 0.25) is 5.91 Å². The Morgan fingerprint density at radius 3 is 2.55 bits per heavy atom. The van der Waals surface area contributed by atoms with Gasteiger partial charge in [0.15, 0.2) is 0 Å². The predicted molar refractivity (Wildman–Crippen MR) is 135 cm³/mol. The summed E-state index contributed by atoms with van der Waals surface area (Å²) in [5.74, 6) is 0.205. The topological polar surface area (TPSA) is 34.0 Å². The zero-order chi connectivity index (χ0) is 22.9. The summed E-state index contributed by atoms with van der Waals surface area (Å²) in [5.41, 5.74) is 10.5. The quantitative estimate of drug-likeness (QED) is 0.407. The van der Waals surface area contributed by atoms with Crippen molar-refractivity contribution in [2.24, 2.45) is 5.92 Å². The highest BCUT2D eigenvalue weighted by molar-refractivity contribution is 5.88. The number of hydrogen-bond donors (Lipinski definition) is 1. The van der Waals surface area contributed by atoms with Gasteiger partial charge in [-0.25, -0.2) is 0 Å². The fourth-order valence-corrected chi connectivity index (χ4v) is 5.28. The Morgan fingerprint density at radius 1 is 0.939 bits per heavy atom. The van der Waals surface area contributed by atoms with Gasteiger partial charge >= 0.3 is 0 Å². The minimum absolute atomic E-state index is 0.0291. The van der Waals surface area contributed by atoms with E-state index in [1.165, 1.54) is 50.0 Å². The number of aryl methyl sites for hydroxylation is 3. The molecule has 0 saturated heterocycles. The summed E-state index contributed by atoms with van der Waals surface area (Å²) in [6.45, 7) is 7.93. The van der Waals surface area contributed by atoms with Crippen LogP contribution in [0.3, 0.4) is 0 Å². The average Bonchev–Trinajstić information content (AvgIpc) is 3.14. The highest BCUT2D eigenvalue weighted by atomic mass is 16.1. The Kier molecular flexibility index (Phi) is 5.80. The van der Waals surface area contributed by atoms with E-state index in [2.05, 4.69) is 85.3 Å². The van der Waals surface area contributed by atoms with Crippen molar-refractivity contribution >= 4 is 16.8 Å². The molecule has 1 aliphatic carbocycles. The maximum Gasteiger partial charge on any atom is 0.223 e. The van der Waals surface area contributed by atoms with E-state index in [1.807, 2.05) is 12.1 Å². The maximum atomic E-state index is 13.1. The molecule has 4 aromatic rings. The number of hydrogen-bond acceptors (Lipinski definition) is 1. The van der Waals surface area contributed by atoms with Crippen molar-refractivity contribution in [1.82, 2.24) is 9.88 Å². The first-order valence-corrected chi connectivity index (χ1v) is 12.0. The lowest BCUT2D eigenvalue weighted by atomic mass is 9.85. The molecule has 1 heterocycles. The summed E-state index contributed by atoms with van der Waals surface area (Å²) < 4.78 is 2.49. The predicted octanol–water partition coefficient (Wildman–Crippen LogP) is 6.04. The van der Waals surface area contributed by atoms with E-state index >= 15 is 0 Å². The summed E-state index contributed by atoms with van der Waals surface area (Å²) in [7, 11) is 0. The number of fused-ring (bicyclic) bond motifs is 3. The fraction of sp³-hybridized carbons (Fsp3) is 0.300. The van der Waals surface area contributed by atoms with E-state index in [-0.39, 0.29) is 11.8 Å². The van der Waals surface area contributed by atoms with E-state index in [1.54, 1.807) is 0 Å². The van der Waals surface area contributed by atoms with Gasteiger partial charge in [0.05, 0.1) is 0 Å². The molecule has 5 rings (SSSR count). The van der Waals surface area contributed by atoms with Crippen LogP contribution < -0.4 is 5.32 Å². The second kappa shape index (κ2) is 8.90. The number of amides is 1. The van der Waals surface area contributed by atoms with Gasteiger partial charge in [-0.05, 0) is 73.9 Å². The summed E-state index contributed by atoms with van der Waals surface area (Å²) >= 11 is 0. The van der Waals surface area contributed by atoms with Crippen molar-refractivity contribution in [3.63, 3.8) is 0 Å². The minimum Gasteiger partial charge on any atom is -0.352 e. The Balaban J connectivity index is 1.41. The van der Waals surface area contributed by atoms with Gasteiger partial charge in [-0.1, -0.05) is 66.2 Å². The van der Waals surface area contributed by atoms with Gasteiger partial charge in [-0.15, -0.1) is 0 Å². The number of rotatable bonds is 5. The van der Waals surface area contributed by atoms with Crippen molar-refractivity contribution in [3.8, 4) is 0 Å². The minimum atomic E-state index is 0.0291.